The van der Waals surface area contributed by atoms with Gasteiger partial charge in [0.25, 0.3) is 0 Å². The number of benzene rings is 4. The molecule has 0 unspecified atom stereocenters. The maximum Gasteiger partial charge on any atom is 0.0991 e. The Morgan fingerprint density at radius 1 is 0.571 bits per heavy atom. The van der Waals surface area contributed by atoms with Gasteiger partial charge in [0.2, 0.25) is 0 Å². The summed E-state index contributed by atoms with van der Waals surface area (Å²) in [7, 11) is 0. The first-order chi connectivity index (χ1) is 13.8. The Hall–Kier alpha value is -3.33. The molecule has 0 radical (unpaired) electrons. The summed E-state index contributed by atoms with van der Waals surface area (Å²) in [5.41, 5.74) is 1.75. The van der Waals surface area contributed by atoms with E-state index < -0.39 is 6.89 Å². The van der Waals surface area contributed by atoms with Gasteiger partial charge in [0, 0.05) is 0 Å². The molecule has 0 fully saturated rings. The summed E-state index contributed by atoms with van der Waals surface area (Å²) in [6.07, 6.45) is 0. The zero-order valence-corrected chi connectivity index (χ0v) is 16.3. The second kappa shape index (κ2) is 8.13. The van der Waals surface area contributed by atoms with Gasteiger partial charge >= 0.3 is 0 Å². The van der Waals surface area contributed by atoms with E-state index >= 15 is 0 Å². The van der Waals surface area contributed by atoms with Gasteiger partial charge in [-0.1, -0.05) is 103 Å². The van der Waals surface area contributed by atoms with Gasteiger partial charge in [0.1, 0.15) is 0 Å². The molecule has 0 aliphatic heterocycles. The van der Waals surface area contributed by atoms with Gasteiger partial charge in [-0.25, -0.2) is 0 Å². The molecule has 0 amide bonds. The molecule has 0 spiro atoms. The zero-order valence-electron chi connectivity index (χ0n) is 15.4. The fraction of sp³-hybridized carbons (Fsp3) is 0. The van der Waals surface area contributed by atoms with E-state index in [4.69, 9.17) is 0 Å². The van der Waals surface area contributed by atoms with Crippen LogP contribution in [0.2, 0.25) is 0 Å². The summed E-state index contributed by atoms with van der Waals surface area (Å²) in [6.45, 7) is -2.04. The van der Waals surface area contributed by atoms with Crippen molar-refractivity contribution in [1.82, 2.24) is 0 Å². The average Bonchev–Trinajstić information content (AvgIpc) is 2.79. The van der Waals surface area contributed by atoms with Crippen molar-refractivity contribution in [3.63, 3.8) is 0 Å². The summed E-state index contributed by atoms with van der Waals surface area (Å²) in [4.78, 5) is 0. The van der Waals surface area contributed by atoms with Crippen molar-refractivity contribution in [2.75, 3.05) is 0 Å². The van der Waals surface area contributed by atoms with Crippen LogP contribution >= 0.6 is 6.89 Å². The normalized spacial score (nSPS) is 10.8. The van der Waals surface area contributed by atoms with Crippen LogP contribution in [-0.2, 0) is 0 Å². The van der Waals surface area contributed by atoms with Crippen LogP contribution in [0.5, 0.6) is 0 Å². The van der Waals surface area contributed by atoms with Gasteiger partial charge < -0.3 is 0 Å². The van der Waals surface area contributed by atoms with Gasteiger partial charge in [-0.2, -0.15) is 5.26 Å². The molecule has 0 saturated carbocycles. The minimum Gasteiger partial charge on any atom is -0.192 e. The predicted octanol–water partition coefficient (Wildman–Crippen LogP) is 4.70. The van der Waals surface area contributed by atoms with E-state index in [1.165, 1.54) is 15.9 Å². The van der Waals surface area contributed by atoms with Crippen molar-refractivity contribution in [3.8, 4) is 6.07 Å². The Kier molecular flexibility index (Phi) is 5.24. The van der Waals surface area contributed by atoms with Gasteiger partial charge in [-0.3, -0.25) is 0 Å². The highest BCUT2D eigenvalue weighted by Gasteiger charge is 2.24. The molecular weight excluding hydrogens is 357 g/mol. The number of rotatable bonds is 4. The van der Waals surface area contributed by atoms with Crippen LogP contribution < -0.4 is 15.9 Å². The third kappa shape index (κ3) is 3.44. The Labute approximate surface area is 166 Å². The fourth-order valence-corrected chi connectivity index (χ4v) is 7.45. The highest BCUT2D eigenvalue weighted by molar-refractivity contribution is 7.94. The lowest BCUT2D eigenvalue weighted by atomic mass is 10.2. The summed E-state index contributed by atoms with van der Waals surface area (Å²) >= 11 is 0. The number of hydrogen-bond acceptors (Lipinski definition) is 1. The summed E-state index contributed by atoms with van der Waals surface area (Å²) in [6, 6.07) is 42.3. The number of nitrogens with zero attached hydrogens (tertiary/aromatic N) is 1. The van der Waals surface area contributed by atoms with E-state index in [-0.39, 0.29) is 0 Å². The van der Waals surface area contributed by atoms with E-state index in [0.29, 0.717) is 5.56 Å². The maximum absolute atomic E-state index is 9.36. The predicted molar refractivity (Wildman–Crippen MR) is 121 cm³/mol. The van der Waals surface area contributed by atoms with Crippen molar-refractivity contribution in [1.29, 1.82) is 5.26 Å². The van der Waals surface area contributed by atoms with Crippen LogP contribution in [0.25, 0.3) is 0 Å². The lowest BCUT2D eigenvalue weighted by molar-refractivity contribution is 1.48. The molecule has 28 heavy (non-hydrogen) atoms. The molecule has 0 heterocycles. The Balaban J connectivity index is 2.13. The Morgan fingerprint density at radius 2 is 1.04 bits per heavy atom. The van der Waals surface area contributed by atoms with Gasteiger partial charge in [0.05, 0.1) is 11.6 Å². The number of nitriles is 1. The lowest BCUT2D eigenvalue weighted by Crippen LogP contribution is -2.27. The molecule has 4 aromatic carbocycles. The first-order valence-electron chi connectivity index (χ1n) is 9.24. The van der Waals surface area contributed by atoms with Crippen LogP contribution in [0.15, 0.2) is 115 Å². The first-order valence-corrected chi connectivity index (χ1v) is 11.1. The molecule has 0 saturated heterocycles. The molecule has 0 aliphatic rings. The smallest absolute Gasteiger partial charge is 0.0991 e. The zero-order chi connectivity index (χ0) is 19.2. The summed E-state index contributed by atoms with van der Waals surface area (Å²) in [5.74, 6) is 2.38. The van der Waals surface area contributed by atoms with Crippen molar-refractivity contribution < 1.29 is 0 Å². The average molecular weight is 377 g/mol. The third-order valence-electron chi connectivity index (χ3n) is 4.85. The maximum atomic E-state index is 9.36. The van der Waals surface area contributed by atoms with Crippen LogP contribution in [0.4, 0.5) is 0 Å². The minimum atomic E-state index is -2.04. The quantitative estimate of drug-likeness (QED) is 0.473. The second-order valence-corrected chi connectivity index (χ2v) is 9.85. The highest BCUT2D eigenvalue weighted by atomic mass is 31.2. The molecule has 0 aliphatic carbocycles. The van der Waals surface area contributed by atoms with E-state index in [2.05, 4.69) is 109 Å². The van der Waals surface area contributed by atoms with Crippen LogP contribution in [0, 0.1) is 11.3 Å². The summed E-state index contributed by atoms with van der Waals surface area (Å²) < 4.78 is 0. The molecule has 0 atom stereocenters. The van der Waals surface area contributed by atoms with E-state index in [1.807, 2.05) is 18.2 Å². The van der Waals surface area contributed by atoms with Crippen molar-refractivity contribution in [3.05, 3.63) is 126 Å². The highest BCUT2D eigenvalue weighted by Crippen LogP contribution is 2.44. The molecule has 1 nitrogen and oxygen atoms in total. The van der Waals surface area contributed by atoms with E-state index in [0.717, 1.165) is 5.56 Å². The van der Waals surface area contributed by atoms with Crippen molar-refractivity contribution in [2.45, 2.75) is 0 Å². The molecule has 4 aromatic rings. The minimum absolute atomic E-state index is 0.682. The number of hydrogen-bond donors (Lipinski definition) is 0. The SMILES string of the molecule is N#Cc1cccc(C=P(c2ccccc2)(c2ccccc2)c2ccccc2)c1. The van der Waals surface area contributed by atoms with Gasteiger partial charge in [0.15, 0.2) is 0 Å². The van der Waals surface area contributed by atoms with Gasteiger partial charge in [-0.15, -0.1) is 0 Å². The third-order valence-corrected chi connectivity index (χ3v) is 8.87. The Morgan fingerprint density at radius 3 is 1.46 bits per heavy atom. The Bertz CT molecular complexity index is 1050. The van der Waals surface area contributed by atoms with Crippen molar-refractivity contribution >= 4 is 28.6 Å². The summed E-state index contributed by atoms with van der Waals surface area (Å²) in [5, 5.41) is 13.3. The molecular formula is C26H20NP. The largest absolute Gasteiger partial charge is 0.192 e. The monoisotopic (exact) mass is 377 g/mol. The second-order valence-electron chi connectivity index (χ2n) is 6.60. The fourth-order valence-electron chi connectivity index (χ4n) is 3.57. The van der Waals surface area contributed by atoms with Crippen LogP contribution in [-0.4, -0.2) is 5.80 Å². The van der Waals surface area contributed by atoms with Crippen LogP contribution in [0.1, 0.15) is 11.1 Å². The molecule has 0 bridgehead atoms. The standard InChI is InChI=1S/C26H20NP/c27-20-22-11-10-12-23(19-22)21-28(24-13-4-1-5-14-24,25-15-6-2-7-16-25)26-17-8-3-9-18-26/h1-19,21H. The van der Waals surface area contributed by atoms with E-state index in [9.17, 15) is 5.26 Å². The lowest BCUT2D eigenvalue weighted by Gasteiger charge is -2.29. The molecule has 4 rings (SSSR count). The molecule has 134 valence electrons. The molecule has 0 aromatic heterocycles. The van der Waals surface area contributed by atoms with Crippen LogP contribution in [0.3, 0.4) is 0 Å². The van der Waals surface area contributed by atoms with E-state index in [1.54, 1.807) is 0 Å². The molecule has 0 N–H and O–H groups in total. The van der Waals surface area contributed by atoms with Gasteiger partial charge in [-0.05, 0) is 46.3 Å². The topological polar surface area (TPSA) is 23.8 Å². The first kappa shape index (κ1) is 18.1. The van der Waals surface area contributed by atoms with Crippen molar-refractivity contribution in [2.24, 2.45) is 0 Å². The molecule has 2 heteroatoms.